The molecule has 0 radical (unpaired) electrons. The number of methoxy groups -OCH3 is 1. The van der Waals surface area contributed by atoms with Crippen molar-refractivity contribution in [3.05, 3.63) is 35.8 Å². The summed E-state index contributed by atoms with van der Waals surface area (Å²) >= 11 is 0. The lowest BCUT2D eigenvalue weighted by Gasteiger charge is -2.17. The van der Waals surface area contributed by atoms with E-state index < -0.39 is 0 Å². The van der Waals surface area contributed by atoms with Crippen molar-refractivity contribution in [1.82, 2.24) is 14.3 Å². The van der Waals surface area contributed by atoms with Gasteiger partial charge in [-0.2, -0.15) is 0 Å². The van der Waals surface area contributed by atoms with Gasteiger partial charge in [0.1, 0.15) is 5.56 Å². The quantitative estimate of drug-likeness (QED) is 0.799. The number of likely N-dealkylation sites (N-methyl/N-ethyl adjacent to an activating group) is 1. The third kappa shape index (κ3) is 2.29. The van der Waals surface area contributed by atoms with Gasteiger partial charge < -0.3 is 14.0 Å². The Kier molecular flexibility index (Phi) is 3.44. The number of carbonyl (C=O) groups is 1. The van der Waals surface area contributed by atoms with E-state index >= 15 is 0 Å². The molecule has 5 nitrogen and oxygen atoms in total. The van der Waals surface area contributed by atoms with Crippen LogP contribution in [0, 0.1) is 0 Å². The molecule has 0 aromatic carbocycles. The normalized spacial score (nSPS) is 19.6. The SMILES string of the molecule is COC(=O)c1cccn2cc(CC3CCCN3C)nc12. The van der Waals surface area contributed by atoms with Crippen LogP contribution in [0.2, 0.25) is 0 Å². The van der Waals surface area contributed by atoms with Gasteiger partial charge in [0.05, 0.1) is 12.8 Å². The van der Waals surface area contributed by atoms with Crippen LogP contribution in [-0.4, -0.2) is 47.0 Å². The molecule has 0 amide bonds. The molecule has 106 valence electrons. The summed E-state index contributed by atoms with van der Waals surface area (Å²) in [6, 6.07) is 4.15. The van der Waals surface area contributed by atoms with Crippen molar-refractivity contribution < 1.29 is 9.53 Å². The van der Waals surface area contributed by atoms with Crippen LogP contribution in [0.4, 0.5) is 0 Å². The van der Waals surface area contributed by atoms with Crippen LogP contribution in [0.1, 0.15) is 28.9 Å². The standard InChI is InChI=1S/C15H19N3O2/c1-17-7-3-5-12(17)9-11-10-18-8-4-6-13(14(18)16-11)15(19)20-2/h4,6,8,10,12H,3,5,7,9H2,1-2H3. The third-order valence-electron chi connectivity index (χ3n) is 4.05. The van der Waals surface area contributed by atoms with E-state index in [9.17, 15) is 4.79 Å². The van der Waals surface area contributed by atoms with Gasteiger partial charge in [0.25, 0.3) is 0 Å². The number of likely N-dealkylation sites (tertiary alicyclic amines) is 1. The number of pyridine rings is 1. The molecule has 0 spiro atoms. The molecule has 0 saturated carbocycles. The summed E-state index contributed by atoms with van der Waals surface area (Å²) in [7, 11) is 3.55. The molecule has 1 aliphatic heterocycles. The first kappa shape index (κ1) is 13.1. The van der Waals surface area contributed by atoms with Crippen LogP contribution < -0.4 is 0 Å². The maximum Gasteiger partial charge on any atom is 0.341 e. The van der Waals surface area contributed by atoms with Crippen molar-refractivity contribution in [3.63, 3.8) is 0 Å². The van der Waals surface area contributed by atoms with E-state index in [0.717, 1.165) is 18.7 Å². The van der Waals surface area contributed by atoms with Crippen molar-refractivity contribution in [2.24, 2.45) is 0 Å². The van der Waals surface area contributed by atoms with Crippen LogP contribution in [0.25, 0.3) is 5.65 Å². The molecule has 20 heavy (non-hydrogen) atoms. The first-order chi connectivity index (χ1) is 9.69. The summed E-state index contributed by atoms with van der Waals surface area (Å²) in [5.74, 6) is -0.342. The Morgan fingerprint density at radius 2 is 2.40 bits per heavy atom. The zero-order valence-electron chi connectivity index (χ0n) is 11.9. The number of rotatable bonds is 3. The Labute approximate surface area is 118 Å². The lowest BCUT2D eigenvalue weighted by atomic mass is 10.1. The highest BCUT2D eigenvalue weighted by atomic mass is 16.5. The number of fused-ring (bicyclic) bond motifs is 1. The van der Waals surface area contributed by atoms with Crippen LogP contribution in [-0.2, 0) is 11.2 Å². The number of imidazole rings is 1. The average molecular weight is 273 g/mol. The summed E-state index contributed by atoms with van der Waals surface area (Å²) in [4.78, 5) is 18.7. The fourth-order valence-electron chi connectivity index (χ4n) is 2.91. The molecule has 5 heteroatoms. The summed E-state index contributed by atoms with van der Waals surface area (Å²) < 4.78 is 6.70. The summed E-state index contributed by atoms with van der Waals surface area (Å²) in [5.41, 5.74) is 2.22. The minimum atomic E-state index is -0.342. The zero-order chi connectivity index (χ0) is 14.1. The molecule has 0 bridgehead atoms. The van der Waals surface area contributed by atoms with Crippen LogP contribution >= 0.6 is 0 Å². The topological polar surface area (TPSA) is 46.8 Å². The van der Waals surface area contributed by atoms with E-state index in [0.29, 0.717) is 17.3 Å². The molecule has 1 aliphatic rings. The monoisotopic (exact) mass is 273 g/mol. The molecule has 3 heterocycles. The van der Waals surface area contributed by atoms with E-state index in [2.05, 4.69) is 16.9 Å². The Balaban J connectivity index is 1.92. The Bertz CT molecular complexity index is 635. The summed E-state index contributed by atoms with van der Waals surface area (Å²) in [6.07, 6.45) is 7.32. The fraction of sp³-hybridized carbons (Fsp3) is 0.467. The third-order valence-corrected chi connectivity index (χ3v) is 4.05. The van der Waals surface area contributed by atoms with Gasteiger partial charge in [0.15, 0.2) is 5.65 Å². The number of carbonyl (C=O) groups excluding carboxylic acids is 1. The van der Waals surface area contributed by atoms with E-state index in [4.69, 9.17) is 4.74 Å². The van der Waals surface area contributed by atoms with E-state index in [1.54, 1.807) is 6.07 Å². The van der Waals surface area contributed by atoms with Crippen LogP contribution in [0.5, 0.6) is 0 Å². The van der Waals surface area contributed by atoms with E-state index in [1.165, 1.54) is 20.0 Å². The van der Waals surface area contributed by atoms with E-state index in [1.807, 2.05) is 22.9 Å². The van der Waals surface area contributed by atoms with Crippen molar-refractivity contribution in [2.45, 2.75) is 25.3 Å². The highest BCUT2D eigenvalue weighted by molar-refractivity contribution is 5.95. The average Bonchev–Trinajstić information content (AvgIpc) is 3.04. The Hall–Kier alpha value is -1.88. The molecule has 2 aromatic heterocycles. The van der Waals surface area contributed by atoms with Gasteiger partial charge in [-0.1, -0.05) is 0 Å². The number of esters is 1. The van der Waals surface area contributed by atoms with E-state index in [-0.39, 0.29) is 5.97 Å². The minimum Gasteiger partial charge on any atom is -0.465 e. The molecule has 1 atom stereocenters. The molecule has 1 unspecified atom stereocenters. The highest BCUT2D eigenvalue weighted by Gasteiger charge is 2.22. The number of aromatic nitrogens is 2. The molecule has 0 aliphatic carbocycles. The molecule has 1 fully saturated rings. The molecule has 2 aromatic rings. The largest absolute Gasteiger partial charge is 0.465 e. The lowest BCUT2D eigenvalue weighted by Crippen LogP contribution is -2.26. The van der Waals surface area contributed by atoms with Gasteiger partial charge in [-0.3, -0.25) is 0 Å². The maximum atomic E-state index is 11.7. The number of hydrogen-bond donors (Lipinski definition) is 0. The first-order valence-corrected chi connectivity index (χ1v) is 6.94. The number of ether oxygens (including phenoxy) is 1. The second-order valence-corrected chi connectivity index (χ2v) is 5.36. The van der Waals surface area contributed by atoms with Gasteiger partial charge in [-0.15, -0.1) is 0 Å². The minimum absolute atomic E-state index is 0.342. The first-order valence-electron chi connectivity index (χ1n) is 6.94. The number of hydrogen-bond acceptors (Lipinski definition) is 4. The summed E-state index contributed by atoms with van der Waals surface area (Å²) in [6.45, 7) is 1.16. The Morgan fingerprint density at radius 1 is 1.55 bits per heavy atom. The zero-order valence-corrected chi connectivity index (χ0v) is 11.9. The van der Waals surface area contributed by atoms with Gasteiger partial charge in [-0.25, -0.2) is 9.78 Å². The Morgan fingerprint density at radius 3 is 3.10 bits per heavy atom. The molecular weight excluding hydrogens is 254 g/mol. The smallest absolute Gasteiger partial charge is 0.341 e. The predicted molar refractivity (Wildman–Crippen MR) is 75.9 cm³/mol. The molecule has 1 saturated heterocycles. The number of nitrogens with zero attached hydrogens (tertiary/aromatic N) is 3. The van der Waals surface area contributed by atoms with Crippen molar-refractivity contribution >= 4 is 11.6 Å². The second kappa shape index (κ2) is 5.25. The van der Waals surface area contributed by atoms with Gasteiger partial charge >= 0.3 is 5.97 Å². The van der Waals surface area contributed by atoms with Gasteiger partial charge in [0.2, 0.25) is 0 Å². The molecule has 0 N–H and O–H groups in total. The van der Waals surface area contributed by atoms with Crippen molar-refractivity contribution in [1.29, 1.82) is 0 Å². The maximum absolute atomic E-state index is 11.7. The van der Waals surface area contributed by atoms with Gasteiger partial charge in [0, 0.05) is 24.9 Å². The molecular formula is C15H19N3O2. The fourth-order valence-corrected chi connectivity index (χ4v) is 2.91. The van der Waals surface area contributed by atoms with Crippen LogP contribution in [0.15, 0.2) is 24.5 Å². The lowest BCUT2D eigenvalue weighted by molar-refractivity contribution is 0.0602. The summed E-state index contributed by atoms with van der Waals surface area (Å²) in [5, 5.41) is 0. The second-order valence-electron chi connectivity index (χ2n) is 5.36. The van der Waals surface area contributed by atoms with Crippen molar-refractivity contribution in [3.8, 4) is 0 Å². The molecule has 3 rings (SSSR count). The highest BCUT2D eigenvalue weighted by Crippen LogP contribution is 2.20. The van der Waals surface area contributed by atoms with Crippen molar-refractivity contribution in [2.75, 3.05) is 20.7 Å². The van der Waals surface area contributed by atoms with Crippen LogP contribution in [0.3, 0.4) is 0 Å². The predicted octanol–water partition coefficient (Wildman–Crippen LogP) is 1.76. The van der Waals surface area contributed by atoms with Gasteiger partial charge in [-0.05, 0) is 38.6 Å².